The van der Waals surface area contributed by atoms with Gasteiger partial charge in [0, 0.05) is 0 Å². The minimum atomic E-state index is -0.243. The quantitative estimate of drug-likeness (QED) is 0.284. The summed E-state index contributed by atoms with van der Waals surface area (Å²) in [6.07, 6.45) is 9.59. The molecule has 0 heterocycles. The van der Waals surface area contributed by atoms with E-state index in [9.17, 15) is 0 Å². The Bertz CT molecular complexity index is 1190. The van der Waals surface area contributed by atoms with Crippen LogP contribution in [0.2, 0.25) is 4.22 Å². The van der Waals surface area contributed by atoms with Crippen LogP contribution in [-0.2, 0) is 25.9 Å². The molecule has 1 saturated carbocycles. The molecular weight excluding hydrogens is 575 g/mol. The van der Waals surface area contributed by atoms with Crippen LogP contribution in [0.5, 0.6) is 0 Å². The van der Waals surface area contributed by atoms with E-state index in [1.807, 2.05) is 0 Å². The van der Waals surface area contributed by atoms with Crippen molar-refractivity contribution in [2.45, 2.75) is 58.1 Å². The average Bonchev–Trinajstić information content (AvgIpc) is 3.04. The maximum atomic E-state index is 2.53. The van der Waals surface area contributed by atoms with E-state index in [0.717, 1.165) is 0 Å². The predicted octanol–water partition coefficient (Wildman–Crippen LogP) is -0.157. The van der Waals surface area contributed by atoms with Crippen molar-refractivity contribution in [3.05, 3.63) is 129 Å². The van der Waals surface area contributed by atoms with E-state index in [1.54, 1.807) is 0 Å². The molecule has 5 unspecified atom stereocenters. The van der Waals surface area contributed by atoms with E-state index in [1.165, 1.54) is 50.1 Å². The molecule has 3 aromatic carbocycles. The summed E-state index contributed by atoms with van der Waals surface area (Å²) in [5, 5.41) is 0. The van der Waals surface area contributed by atoms with E-state index in [2.05, 4.69) is 148 Å². The molecule has 204 valence electrons. The largest absolute Gasteiger partial charge is 1.00 e. The fraction of sp³-hybridized carbons (Fsp3) is 0.371. The van der Waals surface area contributed by atoms with Crippen molar-refractivity contribution in [2.75, 3.05) is 0 Å². The number of halogens is 3. The molecular formula is C35H39Cl3Ti. The number of allylic oxidation sites excluding steroid dienone is 4. The Morgan fingerprint density at radius 1 is 0.513 bits per heavy atom. The Morgan fingerprint density at radius 2 is 0.821 bits per heavy atom. The van der Waals surface area contributed by atoms with Gasteiger partial charge in [0.15, 0.2) is 0 Å². The smallest absolute Gasteiger partial charge is 1.00 e. The van der Waals surface area contributed by atoms with E-state index in [0.29, 0.717) is 27.9 Å². The number of fused-ring (bicyclic) bond motifs is 1. The normalized spacial score (nSPS) is 23.4. The predicted molar refractivity (Wildman–Crippen MR) is 149 cm³/mol. The second-order valence-corrected chi connectivity index (χ2v) is 12.8. The number of benzene rings is 3. The fourth-order valence-corrected chi connectivity index (χ4v) is 8.50. The van der Waals surface area contributed by atoms with Crippen molar-refractivity contribution in [3.8, 4) is 0 Å². The molecule has 0 saturated heterocycles. The van der Waals surface area contributed by atoms with Gasteiger partial charge >= 0.3 is 231 Å². The van der Waals surface area contributed by atoms with E-state index >= 15 is 0 Å². The summed E-state index contributed by atoms with van der Waals surface area (Å²) in [7, 11) is 0. The van der Waals surface area contributed by atoms with Gasteiger partial charge in [-0.05, 0) is 0 Å². The number of hydrogen-bond acceptors (Lipinski definition) is 0. The number of aryl methyl sites for hydroxylation is 6. The van der Waals surface area contributed by atoms with Gasteiger partial charge < -0.3 is 37.2 Å². The van der Waals surface area contributed by atoms with Crippen molar-refractivity contribution >= 4 is 0 Å². The molecule has 39 heavy (non-hydrogen) atoms. The third kappa shape index (κ3) is 6.03. The van der Waals surface area contributed by atoms with Crippen molar-refractivity contribution in [2.24, 2.45) is 23.7 Å². The van der Waals surface area contributed by atoms with Crippen LogP contribution in [0.3, 0.4) is 0 Å². The number of hydrogen-bond donors (Lipinski definition) is 0. The van der Waals surface area contributed by atoms with Gasteiger partial charge in [-0.15, -0.1) is 0 Å². The molecule has 1 fully saturated rings. The SMILES string of the molecule is Cc1cc(C)cc(C(c2cc(C)cc(C)c2)(c2cc(C)cc(C)c2)C2C(C)[CH]([Ti+3])C3C=CC=CC32)c1.[Cl-].[Cl-].[Cl-]. The third-order valence-corrected chi connectivity index (χ3v) is 10.1. The minimum absolute atomic E-state index is 0. The first-order valence-electron chi connectivity index (χ1n) is 13.4. The van der Waals surface area contributed by atoms with Crippen molar-refractivity contribution in [3.63, 3.8) is 0 Å². The zero-order chi connectivity index (χ0) is 25.8. The van der Waals surface area contributed by atoms with Gasteiger partial charge in [0.25, 0.3) is 0 Å². The van der Waals surface area contributed by atoms with E-state index in [4.69, 9.17) is 0 Å². The molecule has 4 heteroatoms. The van der Waals surface area contributed by atoms with Gasteiger partial charge in [-0.3, -0.25) is 0 Å². The van der Waals surface area contributed by atoms with Gasteiger partial charge in [0.05, 0.1) is 0 Å². The van der Waals surface area contributed by atoms with Gasteiger partial charge in [-0.25, -0.2) is 0 Å². The summed E-state index contributed by atoms with van der Waals surface area (Å²) in [4.78, 5) is 0. The Balaban J connectivity index is 0.00000178. The zero-order valence-electron chi connectivity index (χ0n) is 24.0. The van der Waals surface area contributed by atoms with Gasteiger partial charge in [0.2, 0.25) is 0 Å². The van der Waals surface area contributed by atoms with Gasteiger partial charge in [0.1, 0.15) is 0 Å². The average molecular weight is 614 g/mol. The maximum absolute atomic E-state index is 2.53. The molecule has 2 aliphatic rings. The molecule has 0 spiro atoms. The first-order chi connectivity index (χ1) is 17.1. The van der Waals surface area contributed by atoms with Gasteiger partial charge in [-0.1, -0.05) is 0 Å². The van der Waals surface area contributed by atoms with Crippen LogP contribution in [0, 0.1) is 65.2 Å². The molecule has 0 aromatic heterocycles. The zero-order valence-corrected chi connectivity index (χ0v) is 27.9. The van der Waals surface area contributed by atoms with Crippen molar-refractivity contribution in [1.29, 1.82) is 0 Å². The van der Waals surface area contributed by atoms with Crippen molar-refractivity contribution < 1.29 is 57.7 Å². The summed E-state index contributed by atoms with van der Waals surface area (Å²) >= 11 is 2.49. The van der Waals surface area contributed by atoms with Crippen LogP contribution in [0.15, 0.2) is 78.9 Å². The molecule has 0 N–H and O–H groups in total. The molecule has 0 nitrogen and oxygen atoms in total. The van der Waals surface area contributed by atoms with Crippen molar-refractivity contribution in [1.82, 2.24) is 0 Å². The molecule has 3 aromatic rings. The Kier molecular flexibility index (Phi) is 11.4. The summed E-state index contributed by atoms with van der Waals surface area (Å²) in [5.74, 6) is 2.09. The summed E-state index contributed by atoms with van der Waals surface area (Å²) in [6, 6.07) is 21.9. The maximum Gasteiger partial charge on any atom is -1.00 e. The molecule has 5 atom stereocenters. The first-order valence-corrected chi connectivity index (χ1v) is 14.3. The van der Waals surface area contributed by atoms with Crippen LogP contribution >= 0.6 is 0 Å². The topological polar surface area (TPSA) is 0 Å². The number of rotatable bonds is 4. The van der Waals surface area contributed by atoms with Crippen LogP contribution < -0.4 is 37.2 Å². The Labute approximate surface area is 266 Å². The third-order valence-electron chi connectivity index (χ3n) is 8.72. The summed E-state index contributed by atoms with van der Waals surface area (Å²) < 4.78 is 0.628. The standard InChI is InChI=1S/C35H39.3ClH.Ti/c1-22-12-23(2)16-30(15-22)35(31-17-24(3)13-25(4)18-31,32-19-26(5)14-27(6)20-32)34-28(7)21-29-10-8-9-11-33(29)34;;;;/h8-21,28-29,33-34H,1-7H3;3*1H;/q;;;;+3/p-3. The second-order valence-electron chi connectivity index (χ2n) is 11.8. The molecule has 5 rings (SSSR count). The fourth-order valence-electron chi connectivity index (χ4n) is 7.65. The van der Waals surface area contributed by atoms with Crippen LogP contribution in [0.1, 0.15) is 57.0 Å². The van der Waals surface area contributed by atoms with Crippen LogP contribution in [-0.4, -0.2) is 0 Å². The second kappa shape index (κ2) is 13.1. The van der Waals surface area contributed by atoms with Gasteiger partial charge in [-0.2, -0.15) is 0 Å². The molecule has 0 aliphatic heterocycles. The van der Waals surface area contributed by atoms with Crippen LogP contribution in [0.25, 0.3) is 0 Å². The summed E-state index contributed by atoms with van der Waals surface area (Å²) in [5.41, 5.74) is 12.2. The van der Waals surface area contributed by atoms with Crippen LogP contribution in [0.4, 0.5) is 0 Å². The summed E-state index contributed by atoms with van der Waals surface area (Å²) in [6.45, 7) is 16.1. The minimum Gasteiger partial charge on any atom is -1.00 e. The monoisotopic (exact) mass is 612 g/mol. The molecule has 0 radical (unpaired) electrons. The van der Waals surface area contributed by atoms with E-state index < -0.39 is 0 Å². The Hall–Kier alpha value is -1.28. The first kappa shape index (κ1) is 33.9. The molecule has 0 bridgehead atoms. The Morgan fingerprint density at radius 3 is 1.15 bits per heavy atom. The van der Waals surface area contributed by atoms with E-state index in [-0.39, 0.29) is 42.6 Å². The molecule has 2 aliphatic carbocycles. The molecule has 0 amide bonds.